The lowest BCUT2D eigenvalue weighted by atomic mass is 10.1. The molecule has 0 saturated heterocycles. The van der Waals surface area contributed by atoms with E-state index in [1.165, 1.54) is 11.1 Å². The number of fused-ring (bicyclic) bond motifs is 1. The van der Waals surface area contributed by atoms with Crippen molar-refractivity contribution in [2.45, 2.75) is 13.1 Å². The maximum atomic E-state index is 5.75. The largest absolute Gasteiger partial charge is 0.399 e. The summed E-state index contributed by atoms with van der Waals surface area (Å²) < 4.78 is 0. The molecule has 1 aliphatic rings. The second kappa shape index (κ2) is 2.13. The van der Waals surface area contributed by atoms with E-state index in [1.54, 1.807) is 0 Å². The number of nitrogens with two attached hydrogens (primary N) is 2. The van der Waals surface area contributed by atoms with Gasteiger partial charge in [-0.05, 0) is 23.3 Å². The van der Waals surface area contributed by atoms with E-state index in [0.29, 0.717) is 0 Å². The molecule has 3 nitrogen and oxygen atoms in total. The van der Waals surface area contributed by atoms with E-state index in [4.69, 9.17) is 11.5 Å². The van der Waals surface area contributed by atoms with Gasteiger partial charge in [0.25, 0.3) is 0 Å². The fourth-order valence-electron chi connectivity index (χ4n) is 1.48. The van der Waals surface area contributed by atoms with Crippen molar-refractivity contribution in [3.63, 3.8) is 0 Å². The lowest BCUT2D eigenvalue weighted by Crippen LogP contribution is -2.00. The van der Waals surface area contributed by atoms with Crippen molar-refractivity contribution in [1.82, 2.24) is 5.32 Å². The molecule has 0 bridgehead atoms. The minimum atomic E-state index is 0.755. The molecule has 3 heteroatoms. The number of nitrogen functional groups attached to an aromatic ring is 2. The van der Waals surface area contributed by atoms with Crippen molar-refractivity contribution in [3.05, 3.63) is 23.3 Å². The molecule has 0 saturated carbocycles. The summed E-state index contributed by atoms with van der Waals surface area (Å²) in [5, 5.41) is 3.22. The van der Waals surface area contributed by atoms with E-state index in [9.17, 15) is 0 Å². The second-order valence-corrected chi connectivity index (χ2v) is 2.85. The molecular weight excluding hydrogens is 138 g/mol. The monoisotopic (exact) mass is 149 g/mol. The minimum absolute atomic E-state index is 0.755. The van der Waals surface area contributed by atoms with Crippen LogP contribution in [0.15, 0.2) is 12.1 Å². The molecule has 0 radical (unpaired) electrons. The highest BCUT2D eigenvalue weighted by molar-refractivity contribution is 5.61. The Kier molecular flexibility index (Phi) is 1.26. The first-order valence-electron chi connectivity index (χ1n) is 3.65. The standard InChI is InChI=1S/C8H11N3/c9-6-1-5-3-11-4-7(5)8(10)2-6/h1-2,11H,3-4,9-10H2. The average Bonchev–Trinajstić information content (AvgIpc) is 2.34. The third-order valence-electron chi connectivity index (χ3n) is 2.02. The lowest BCUT2D eigenvalue weighted by molar-refractivity contribution is 0.765. The average molecular weight is 149 g/mol. The SMILES string of the molecule is Nc1cc(N)c2c(c1)CNC2. The van der Waals surface area contributed by atoms with Crippen molar-refractivity contribution in [1.29, 1.82) is 0 Å². The molecule has 0 amide bonds. The van der Waals surface area contributed by atoms with Gasteiger partial charge >= 0.3 is 0 Å². The summed E-state index contributed by atoms with van der Waals surface area (Å²) >= 11 is 0. The number of hydrogen-bond acceptors (Lipinski definition) is 3. The van der Waals surface area contributed by atoms with E-state index < -0.39 is 0 Å². The molecule has 0 aliphatic carbocycles. The summed E-state index contributed by atoms with van der Waals surface area (Å²) in [6.45, 7) is 1.77. The molecule has 0 spiro atoms. The van der Waals surface area contributed by atoms with Crippen molar-refractivity contribution >= 4 is 11.4 Å². The molecule has 0 aromatic heterocycles. The van der Waals surface area contributed by atoms with Crippen LogP contribution in [0, 0.1) is 0 Å². The van der Waals surface area contributed by atoms with E-state index in [0.717, 1.165) is 24.5 Å². The van der Waals surface area contributed by atoms with Gasteiger partial charge in [0.15, 0.2) is 0 Å². The van der Waals surface area contributed by atoms with Gasteiger partial charge in [-0.15, -0.1) is 0 Å². The van der Waals surface area contributed by atoms with Crippen LogP contribution in [0.5, 0.6) is 0 Å². The molecule has 0 fully saturated rings. The number of hydrogen-bond donors (Lipinski definition) is 3. The first kappa shape index (κ1) is 6.49. The summed E-state index contributed by atoms with van der Waals surface area (Å²) in [6, 6.07) is 3.79. The molecule has 0 atom stereocenters. The molecule has 1 aromatic carbocycles. The summed E-state index contributed by atoms with van der Waals surface area (Å²) in [5.41, 5.74) is 15.4. The highest BCUT2D eigenvalue weighted by atomic mass is 14.9. The van der Waals surface area contributed by atoms with Gasteiger partial charge in [0, 0.05) is 24.5 Å². The van der Waals surface area contributed by atoms with Crippen LogP contribution in [0.25, 0.3) is 0 Å². The first-order chi connectivity index (χ1) is 5.27. The molecule has 11 heavy (non-hydrogen) atoms. The fraction of sp³-hybridized carbons (Fsp3) is 0.250. The van der Waals surface area contributed by atoms with Crippen molar-refractivity contribution in [2.24, 2.45) is 0 Å². The van der Waals surface area contributed by atoms with Gasteiger partial charge in [-0.3, -0.25) is 0 Å². The van der Waals surface area contributed by atoms with Crippen molar-refractivity contribution < 1.29 is 0 Å². The van der Waals surface area contributed by atoms with E-state index in [1.807, 2.05) is 12.1 Å². The zero-order chi connectivity index (χ0) is 7.84. The number of anilines is 2. The highest BCUT2D eigenvalue weighted by Crippen LogP contribution is 2.24. The van der Waals surface area contributed by atoms with Gasteiger partial charge < -0.3 is 16.8 Å². The van der Waals surface area contributed by atoms with E-state index in [2.05, 4.69) is 5.32 Å². The van der Waals surface area contributed by atoms with Gasteiger partial charge in [0.2, 0.25) is 0 Å². The van der Waals surface area contributed by atoms with Gasteiger partial charge in [0.05, 0.1) is 0 Å². The fourth-order valence-corrected chi connectivity index (χ4v) is 1.48. The number of nitrogens with one attached hydrogen (secondary N) is 1. The van der Waals surface area contributed by atoms with Crippen LogP contribution in [0.4, 0.5) is 11.4 Å². The van der Waals surface area contributed by atoms with Crippen LogP contribution >= 0.6 is 0 Å². The number of rotatable bonds is 0. The van der Waals surface area contributed by atoms with Gasteiger partial charge in [-0.25, -0.2) is 0 Å². The highest BCUT2D eigenvalue weighted by Gasteiger charge is 2.12. The summed E-state index contributed by atoms with van der Waals surface area (Å²) in [4.78, 5) is 0. The van der Waals surface area contributed by atoms with Crippen LogP contribution in [-0.4, -0.2) is 0 Å². The number of benzene rings is 1. The molecule has 1 aliphatic heterocycles. The maximum absolute atomic E-state index is 5.75. The third kappa shape index (κ3) is 0.935. The first-order valence-corrected chi connectivity index (χ1v) is 3.65. The molecule has 5 N–H and O–H groups in total. The minimum Gasteiger partial charge on any atom is -0.399 e. The second-order valence-electron chi connectivity index (χ2n) is 2.85. The van der Waals surface area contributed by atoms with E-state index in [-0.39, 0.29) is 0 Å². The van der Waals surface area contributed by atoms with Crippen LogP contribution in [0.3, 0.4) is 0 Å². The molecule has 58 valence electrons. The summed E-state index contributed by atoms with van der Waals surface area (Å²) in [5.74, 6) is 0. The van der Waals surface area contributed by atoms with Crippen LogP contribution in [0.2, 0.25) is 0 Å². The van der Waals surface area contributed by atoms with Crippen molar-refractivity contribution in [2.75, 3.05) is 11.5 Å². The summed E-state index contributed by atoms with van der Waals surface area (Å²) in [6.07, 6.45) is 0. The molecule has 0 unspecified atom stereocenters. The Labute approximate surface area is 65.4 Å². The van der Waals surface area contributed by atoms with Gasteiger partial charge in [-0.1, -0.05) is 0 Å². The van der Waals surface area contributed by atoms with Crippen LogP contribution in [-0.2, 0) is 13.1 Å². The predicted molar refractivity (Wildman–Crippen MR) is 45.8 cm³/mol. The maximum Gasteiger partial charge on any atom is 0.0383 e. The van der Waals surface area contributed by atoms with Crippen LogP contribution < -0.4 is 16.8 Å². The normalized spacial score (nSPS) is 14.9. The predicted octanol–water partition coefficient (Wildman–Crippen LogP) is 0.454. The molecule has 1 aromatic rings. The zero-order valence-corrected chi connectivity index (χ0v) is 6.22. The smallest absolute Gasteiger partial charge is 0.0383 e. The topological polar surface area (TPSA) is 64.1 Å². The Morgan fingerprint density at radius 2 is 2.00 bits per heavy atom. The van der Waals surface area contributed by atoms with E-state index >= 15 is 0 Å². The Bertz CT molecular complexity index is 294. The lowest BCUT2D eigenvalue weighted by Gasteiger charge is -2.03. The summed E-state index contributed by atoms with van der Waals surface area (Å²) in [7, 11) is 0. The van der Waals surface area contributed by atoms with Crippen LogP contribution in [0.1, 0.15) is 11.1 Å². The Balaban J connectivity index is 2.60. The third-order valence-corrected chi connectivity index (χ3v) is 2.02. The van der Waals surface area contributed by atoms with Gasteiger partial charge in [-0.2, -0.15) is 0 Å². The molecule has 1 heterocycles. The zero-order valence-electron chi connectivity index (χ0n) is 6.22. The Morgan fingerprint density at radius 3 is 2.82 bits per heavy atom. The van der Waals surface area contributed by atoms with Gasteiger partial charge in [0.1, 0.15) is 0 Å². The Hall–Kier alpha value is -1.22. The van der Waals surface area contributed by atoms with Crippen molar-refractivity contribution in [3.8, 4) is 0 Å². The molecular formula is C8H11N3. The quantitative estimate of drug-likeness (QED) is 0.469. The Morgan fingerprint density at radius 1 is 1.18 bits per heavy atom. The molecule has 2 rings (SSSR count).